The molecule has 0 fully saturated rings. The first-order chi connectivity index (χ1) is 9.13. The van der Waals surface area contributed by atoms with Crippen molar-refractivity contribution >= 4 is 17.5 Å². The number of hydrogen-bond donors (Lipinski definition) is 2. The lowest BCUT2D eigenvalue weighted by Gasteiger charge is -1.98. The van der Waals surface area contributed by atoms with Crippen molar-refractivity contribution in [2.75, 3.05) is 6.61 Å². The predicted octanol–water partition coefficient (Wildman–Crippen LogP) is 2.34. The van der Waals surface area contributed by atoms with Gasteiger partial charge in [0.05, 0.1) is 24.3 Å². The molecule has 0 radical (unpaired) electrons. The molecular formula is C11H14N6O2. The third-order valence-electron chi connectivity index (χ3n) is 2.43. The number of imidazole rings is 1. The zero-order chi connectivity index (χ0) is 13.8. The summed E-state index contributed by atoms with van der Waals surface area (Å²) in [5.74, 6) is -0.312. The van der Waals surface area contributed by atoms with E-state index >= 15 is 0 Å². The summed E-state index contributed by atoms with van der Waals surface area (Å²) in [6.45, 7) is 5.67. The molecule has 0 spiro atoms. The molecule has 0 saturated heterocycles. The number of H-pyrrole nitrogens is 2. The van der Waals surface area contributed by atoms with Crippen LogP contribution in [0.15, 0.2) is 16.6 Å². The van der Waals surface area contributed by atoms with E-state index in [1.807, 2.05) is 13.8 Å². The van der Waals surface area contributed by atoms with E-state index in [4.69, 9.17) is 4.74 Å². The molecule has 100 valence electrons. The first-order valence-electron chi connectivity index (χ1n) is 5.77. The van der Waals surface area contributed by atoms with Crippen LogP contribution in [0.2, 0.25) is 0 Å². The van der Waals surface area contributed by atoms with Gasteiger partial charge in [-0.1, -0.05) is 0 Å². The Balaban J connectivity index is 2.25. The summed E-state index contributed by atoms with van der Waals surface area (Å²) < 4.78 is 4.88. The van der Waals surface area contributed by atoms with Crippen LogP contribution in [0.1, 0.15) is 28.8 Å². The van der Waals surface area contributed by atoms with Crippen molar-refractivity contribution in [1.29, 1.82) is 0 Å². The molecule has 2 heterocycles. The quantitative estimate of drug-likeness (QED) is 0.651. The highest BCUT2D eigenvalue weighted by molar-refractivity contribution is 5.91. The van der Waals surface area contributed by atoms with Crippen molar-refractivity contribution in [3.05, 3.63) is 23.4 Å². The molecule has 19 heavy (non-hydrogen) atoms. The van der Waals surface area contributed by atoms with Crippen LogP contribution in [0.3, 0.4) is 0 Å². The highest BCUT2D eigenvalue weighted by atomic mass is 16.5. The van der Waals surface area contributed by atoms with E-state index in [0.29, 0.717) is 5.69 Å². The summed E-state index contributed by atoms with van der Waals surface area (Å²) in [6, 6.07) is 0. The minimum Gasteiger partial charge on any atom is -0.461 e. The first kappa shape index (κ1) is 12.9. The molecule has 8 nitrogen and oxygen atoms in total. The average Bonchev–Trinajstić information content (AvgIpc) is 2.96. The number of aromatic amines is 2. The van der Waals surface area contributed by atoms with E-state index in [9.17, 15) is 4.79 Å². The van der Waals surface area contributed by atoms with Crippen molar-refractivity contribution in [2.45, 2.75) is 20.8 Å². The van der Waals surface area contributed by atoms with Gasteiger partial charge in [0.2, 0.25) is 5.82 Å². The molecule has 0 aliphatic heterocycles. The van der Waals surface area contributed by atoms with Gasteiger partial charge >= 0.3 is 5.97 Å². The van der Waals surface area contributed by atoms with Gasteiger partial charge in [-0.25, -0.2) is 9.78 Å². The van der Waals surface area contributed by atoms with Crippen LogP contribution >= 0.6 is 0 Å². The third kappa shape index (κ3) is 2.67. The molecular weight excluding hydrogens is 248 g/mol. The minimum absolute atomic E-state index is 0.185. The van der Waals surface area contributed by atoms with Crippen LogP contribution in [0.5, 0.6) is 0 Å². The summed E-state index contributed by atoms with van der Waals surface area (Å²) in [5, 5.41) is 14.8. The second-order valence-electron chi connectivity index (χ2n) is 3.80. The van der Waals surface area contributed by atoms with Crippen molar-refractivity contribution in [3.63, 3.8) is 0 Å². The molecule has 0 saturated carbocycles. The van der Waals surface area contributed by atoms with Crippen molar-refractivity contribution in [3.8, 4) is 0 Å². The third-order valence-corrected chi connectivity index (χ3v) is 2.43. The van der Waals surface area contributed by atoms with Crippen molar-refractivity contribution in [2.24, 2.45) is 10.2 Å². The Hall–Kier alpha value is -2.51. The molecule has 0 atom stereocenters. The van der Waals surface area contributed by atoms with E-state index in [2.05, 4.69) is 30.4 Å². The second kappa shape index (κ2) is 5.42. The number of aromatic nitrogens is 4. The van der Waals surface area contributed by atoms with Crippen LogP contribution in [0.25, 0.3) is 0 Å². The highest BCUT2D eigenvalue weighted by Crippen LogP contribution is 2.24. The number of nitrogens with one attached hydrogen (secondary N) is 2. The molecule has 2 aromatic rings. The normalized spacial score (nSPS) is 11.1. The molecule has 0 amide bonds. The molecule has 2 N–H and O–H groups in total. The number of nitrogens with zero attached hydrogens (tertiary/aromatic N) is 4. The Morgan fingerprint density at radius 1 is 1.42 bits per heavy atom. The second-order valence-corrected chi connectivity index (χ2v) is 3.80. The maximum absolute atomic E-state index is 11.6. The van der Waals surface area contributed by atoms with Gasteiger partial charge in [0.25, 0.3) is 0 Å². The monoisotopic (exact) mass is 262 g/mol. The summed E-state index contributed by atoms with van der Waals surface area (Å²) in [4.78, 5) is 18.2. The topological polar surface area (TPSA) is 108 Å². The number of ether oxygens (including phenoxy) is 1. The van der Waals surface area contributed by atoms with E-state index in [1.165, 1.54) is 6.33 Å². The van der Waals surface area contributed by atoms with Gasteiger partial charge < -0.3 is 9.72 Å². The Labute approximate surface area is 109 Å². The van der Waals surface area contributed by atoms with E-state index in [0.717, 1.165) is 11.4 Å². The molecule has 0 aliphatic carbocycles. The molecule has 0 unspecified atom stereocenters. The molecule has 8 heteroatoms. The zero-order valence-electron chi connectivity index (χ0n) is 10.9. The number of carbonyl (C=O) groups excluding carboxylic acids is 1. The fourth-order valence-corrected chi connectivity index (χ4v) is 1.51. The molecule has 2 aromatic heterocycles. The number of rotatable bonds is 4. The van der Waals surface area contributed by atoms with Gasteiger partial charge in [-0.3, -0.25) is 5.10 Å². The predicted molar refractivity (Wildman–Crippen MR) is 66.8 cm³/mol. The van der Waals surface area contributed by atoms with Gasteiger partial charge in [0.1, 0.15) is 5.69 Å². The largest absolute Gasteiger partial charge is 0.461 e. The number of carbonyl (C=O) groups is 1. The minimum atomic E-state index is -0.505. The highest BCUT2D eigenvalue weighted by Gasteiger charge is 2.15. The average molecular weight is 262 g/mol. The summed E-state index contributed by atoms with van der Waals surface area (Å²) in [7, 11) is 0. The van der Waals surface area contributed by atoms with E-state index in [1.54, 1.807) is 6.92 Å². The number of hydrogen-bond acceptors (Lipinski definition) is 6. The Morgan fingerprint density at radius 2 is 2.21 bits per heavy atom. The molecule has 0 aromatic carbocycles. The van der Waals surface area contributed by atoms with Crippen LogP contribution in [-0.2, 0) is 4.74 Å². The smallest absolute Gasteiger partial charge is 0.358 e. The van der Waals surface area contributed by atoms with Gasteiger partial charge in [-0.15, -0.1) is 10.2 Å². The van der Waals surface area contributed by atoms with E-state index < -0.39 is 5.97 Å². The summed E-state index contributed by atoms with van der Waals surface area (Å²) >= 11 is 0. The molecule has 0 aliphatic rings. The van der Waals surface area contributed by atoms with Gasteiger partial charge in [-0.05, 0) is 20.8 Å². The van der Waals surface area contributed by atoms with Gasteiger partial charge in [0, 0.05) is 0 Å². The van der Waals surface area contributed by atoms with Gasteiger partial charge in [-0.2, -0.15) is 5.10 Å². The number of esters is 1. The Bertz CT molecular complexity index is 593. The number of azo groups is 1. The lowest BCUT2D eigenvalue weighted by molar-refractivity contribution is 0.0521. The zero-order valence-corrected chi connectivity index (χ0v) is 10.9. The van der Waals surface area contributed by atoms with Crippen molar-refractivity contribution < 1.29 is 9.53 Å². The first-order valence-corrected chi connectivity index (χ1v) is 5.77. The summed E-state index contributed by atoms with van der Waals surface area (Å²) in [6.07, 6.45) is 1.37. The van der Waals surface area contributed by atoms with Gasteiger partial charge in [0.15, 0.2) is 5.69 Å². The fourth-order valence-electron chi connectivity index (χ4n) is 1.51. The maximum Gasteiger partial charge on any atom is 0.358 e. The lowest BCUT2D eigenvalue weighted by Crippen LogP contribution is -2.04. The summed E-state index contributed by atoms with van der Waals surface area (Å²) in [5.41, 5.74) is 2.35. The van der Waals surface area contributed by atoms with E-state index in [-0.39, 0.29) is 18.1 Å². The maximum atomic E-state index is 11.6. The number of aryl methyl sites for hydroxylation is 2. The molecule has 2 rings (SSSR count). The fraction of sp³-hybridized carbons (Fsp3) is 0.364. The van der Waals surface area contributed by atoms with Crippen LogP contribution in [-0.4, -0.2) is 32.7 Å². The van der Waals surface area contributed by atoms with Crippen LogP contribution in [0, 0.1) is 13.8 Å². The lowest BCUT2D eigenvalue weighted by atomic mass is 10.3. The molecule has 0 bridgehead atoms. The van der Waals surface area contributed by atoms with Crippen molar-refractivity contribution in [1.82, 2.24) is 20.2 Å². The van der Waals surface area contributed by atoms with Crippen LogP contribution in [0.4, 0.5) is 11.5 Å². The Kier molecular flexibility index (Phi) is 3.69. The standard InChI is InChI=1S/C11H14N6O2/c1-4-19-11(18)9-10(13-5-12-9)17-16-8-6(2)14-15-7(8)3/h5H,4H2,1-3H3,(H,12,13)(H,14,15). The van der Waals surface area contributed by atoms with Crippen LogP contribution < -0.4 is 0 Å². The Morgan fingerprint density at radius 3 is 2.84 bits per heavy atom. The SMILES string of the molecule is CCOC(=O)c1[nH]cnc1N=Nc1c(C)n[nH]c1C.